The predicted molar refractivity (Wildman–Crippen MR) is 116 cm³/mol. The summed E-state index contributed by atoms with van der Waals surface area (Å²) in [5.74, 6) is 0. The lowest BCUT2D eigenvalue weighted by Gasteiger charge is -2.31. The van der Waals surface area contributed by atoms with Crippen molar-refractivity contribution in [1.29, 1.82) is 0 Å². The highest BCUT2D eigenvalue weighted by molar-refractivity contribution is 5.24. The second-order valence-electron chi connectivity index (χ2n) is 7.93. The highest BCUT2D eigenvalue weighted by atomic mass is 15.1. The molecule has 6 heteroatoms. The molecule has 0 aliphatic carbocycles. The van der Waals surface area contributed by atoms with Crippen LogP contribution in [0.1, 0.15) is 51.2 Å². The summed E-state index contributed by atoms with van der Waals surface area (Å²) in [5, 5.41) is 18.1. The van der Waals surface area contributed by atoms with Crippen molar-refractivity contribution < 1.29 is 0 Å². The fourth-order valence-electron chi connectivity index (χ4n) is 3.69. The number of nitrogens with zero attached hydrogens (tertiary/aromatic N) is 1. The lowest BCUT2D eigenvalue weighted by Crippen LogP contribution is -2.50. The van der Waals surface area contributed by atoms with E-state index in [-0.39, 0.29) is 12.1 Å². The Morgan fingerprint density at radius 1 is 0.786 bits per heavy atom. The van der Waals surface area contributed by atoms with Gasteiger partial charge >= 0.3 is 0 Å². The normalized spacial score (nSPS) is 32.6. The Bertz CT molecular complexity index is 685. The summed E-state index contributed by atoms with van der Waals surface area (Å²) in [7, 11) is 0. The zero-order valence-electron chi connectivity index (χ0n) is 17.6. The van der Waals surface area contributed by atoms with Crippen LogP contribution in [0, 0.1) is 0 Å². The summed E-state index contributed by atoms with van der Waals surface area (Å²) >= 11 is 0. The Morgan fingerprint density at radius 3 is 2.00 bits per heavy atom. The second-order valence-corrected chi connectivity index (χ2v) is 7.93. The molecule has 5 unspecified atom stereocenters. The first-order valence-electron chi connectivity index (χ1n) is 10.6. The van der Waals surface area contributed by atoms with Crippen molar-refractivity contribution in [2.45, 2.75) is 57.9 Å². The van der Waals surface area contributed by atoms with Crippen molar-refractivity contribution in [2.24, 2.45) is 0 Å². The van der Waals surface area contributed by atoms with Crippen molar-refractivity contribution in [3.8, 4) is 0 Å². The first kappa shape index (κ1) is 21.0. The largest absolute Gasteiger partial charge is 0.379 e. The third kappa shape index (κ3) is 5.64. The Morgan fingerprint density at radius 2 is 1.36 bits per heavy atom. The number of rotatable bonds is 0. The lowest BCUT2D eigenvalue weighted by atomic mass is 10.0. The van der Waals surface area contributed by atoms with Gasteiger partial charge in [-0.15, -0.1) is 0 Å². The van der Waals surface area contributed by atoms with Crippen LogP contribution in [0.2, 0.25) is 0 Å². The fourth-order valence-corrected chi connectivity index (χ4v) is 3.69. The first-order valence-corrected chi connectivity index (χ1v) is 10.6. The van der Waals surface area contributed by atoms with Crippen LogP contribution in [0.3, 0.4) is 0 Å². The van der Waals surface area contributed by atoms with Crippen LogP contribution in [-0.2, 0) is 0 Å². The van der Waals surface area contributed by atoms with E-state index in [1.807, 2.05) is 0 Å². The Hall–Kier alpha value is -1.73. The molecule has 0 aromatic carbocycles. The molecule has 2 aliphatic rings. The van der Waals surface area contributed by atoms with Crippen LogP contribution in [0.15, 0.2) is 42.1 Å². The summed E-state index contributed by atoms with van der Waals surface area (Å²) in [6.45, 7) is 12.4. The molecule has 5 atom stereocenters. The van der Waals surface area contributed by atoms with E-state index in [4.69, 9.17) is 4.98 Å². The topological polar surface area (TPSA) is 73.0 Å². The van der Waals surface area contributed by atoms with Gasteiger partial charge in [0, 0.05) is 56.0 Å². The van der Waals surface area contributed by atoms with E-state index in [1.54, 1.807) is 0 Å². The number of nitrogens with one attached hydrogen (secondary N) is 5. The lowest BCUT2D eigenvalue weighted by molar-refractivity contribution is 0.427. The molecular weight excluding hydrogens is 348 g/mol. The molecule has 0 saturated carbocycles. The highest BCUT2D eigenvalue weighted by Crippen LogP contribution is 2.15. The molecule has 1 aromatic rings. The molecule has 2 aliphatic heterocycles. The quantitative estimate of drug-likeness (QED) is 0.470. The van der Waals surface area contributed by atoms with E-state index in [0.717, 1.165) is 37.6 Å². The number of fused-ring (bicyclic) bond motifs is 4. The van der Waals surface area contributed by atoms with Gasteiger partial charge in [0.2, 0.25) is 0 Å². The third-order valence-corrected chi connectivity index (χ3v) is 5.68. The van der Waals surface area contributed by atoms with Crippen LogP contribution >= 0.6 is 0 Å². The summed E-state index contributed by atoms with van der Waals surface area (Å²) in [4.78, 5) is 4.88. The SMILES string of the molecule is CC1NCCNC(C)c2cccc(n2)C(C)NCCNC(C)C2C=CC=C1N2. The average Bonchev–Trinajstić information content (AvgIpc) is 2.73. The molecule has 154 valence electrons. The molecule has 1 aromatic heterocycles. The van der Waals surface area contributed by atoms with E-state index in [1.165, 1.54) is 5.70 Å². The average molecular weight is 385 g/mol. The fraction of sp³-hybridized carbons (Fsp3) is 0.591. The molecule has 0 radical (unpaired) electrons. The van der Waals surface area contributed by atoms with Crippen LogP contribution in [0.25, 0.3) is 0 Å². The molecule has 3 rings (SSSR count). The Labute approximate surface area is 169 Å². The number of aromatic nitrogens is 1. The zero-order valence-corrected chi connectivity index (χ0v) is 17.6. The van der Waals surface area contributed by atoms with Gasteiger partial charge in [0.25, 0.3) is 0 Å². The van der Waals surface area contributed by atoms with Crippen molar-refractivity contribution in [3.63, 3.8) is 0 Å². The van der Waals surface area contributed by atoms with Gasteiger partial charge in [0.05, 0.1) is 17.4 Å². The van der Waals surface area contributed by atoms with Gasteiger partial charge in [-0.05, 0) is 45.9 Å². The number of pyridine rings is 1. The molecule has 0 fully saturated rings. The van der Waals surface area contributed by atoms with Gasteiger partial charge in [0.15, 0.2) is 0 Å². The molecule has 0 amide bonds. The minimum atomic E-state index is 0.227. The zero-order chi connectivity index (χ0) is 19.9. The number of allylic oxidation sites excluding steroid dienone is 2. The molecular formula is C22H36N6. The maximum atomic E-state index is 4.88. The molecule has 28 heavy (non-hydrogen) atoms. The molecule has 6 nitrogen and oxygen atoms in total. The molecule has 0 saturated heterocycles. The summed E-state index contributed by atoms with van der Waals surface area (Å²) in [6, 6.07) is 7.73. The van der Waals surface area contributed by atoms with Crippen LogP contribution in [0.5, 0.6) is 0 Å². The van der Waals surface area contributed by atoms with Crippen LogP contribution < -0.4 is 26.6 Å². The smallest absolute Gasteiger partial charge is 0.0595 e. The molecule has 4 bridgehead atoms. The Balaban J connectivity index is 1.70. The minimum absolute atomic E-state index is 0.227. The van der Waals surface area contributed by atoms with Crippen molar-refractivity contribution in [1.82, 2.24) is 31.6 Å². The maximum absolute atomic E-state index is 4.88. The van der Waals surface area contributed by atoms with Gasteiger partial charge in [-0.1, -0.05) is 18.2 Å². The number of hydrogen-bond donors (Lipinski definition) is 5. The maximum Gasteiger partial charge on any atom is 0.0595 e. The third-order valence-electron chi connectivity index (χ3n) is 5.68. The summed E-state index contributed by atoms with van der Waals surface area (Å²) in [6.07, 6.45) is 6.58. The monoisotopic (exact) mass is 384 g/mol. The van der Waals surface area contributed by atoms with E-state index in [0.29, 0.717) is 18.1 Å². The second kappa shape index (κ2) is 10.2. The van der Waals surface area contributed by atoms with E-state index < -0.39 is 0 Å². The van der Waals surface area contributed by atoms with E-state index in [9.17, 15) is 0 Å². The van der Waals surface area contributed by atoms with E-state index in [2.05, 4.69) is 90.7 Å². The van der Waals surface area contributed by atoms with Crippen molar-refractivity contribution in [2.75, 3.05) is 26.2 Å². The van der Waals surface area contributed by atoms with E-state index >= 15 is 0 Å². The number of hydrogen-bond acceptors (Lipinski definition) is 6. The van der Waals surface area contributed by atoms with Gasteiger partial charge in [-0.2, -0.15) is 0 Å². The van der Waals surface area contributed by atoms with Gasteiger partial charge in [-0.3, -0.25) is 4.98 Å². The van der Waals surface area contributed by atoms with Gasteiger partial charge in [-0.25, -0.2) is 0 Å². The van der Waals surface area contributed by atoms with Crippen molar-refractivity contribution >= 4 is 0 Å². The standard InChI is InChI=1S/C22H36N6/c1-15-19-7-5-8-20(27-19)16(2)25-13-14-26-18(4)22-10-6-9-21(28-22)17(3)24-12-11-23-15/h5-10,15-19,23-27H,11-14H2,1-4H3. The van der Waals surface area contributed by atoms with Gasteiger partial charge < -0.3 is 26.6 Å². The predicted octanol–water partition coefficient (Wildman–Crippen LogP) is 1.76. The first-order chi connectivity index (χ1) is 13.5. The van der Waals surface area contributed by atoms with Crippen LogP contribution in [-0.4, -0.2) is 49.3 Å². The van der Waals surface area contributed by atoms with Crippen LogP contribution in [0.4, 0.5) is 0 Å². The number of dihydropyridines is 1. The highest BCUT2D eigenvalue weighted by Gasteiger charge is 2.20. The molecule has 3 heterocycles. The van der Waals surface area contributed by atoms with Gasteiger partial charge in [0.1, 0.15) is 0 Å². The molecule has 0 spiro atoms. The summed E-state index contributed by atoms with van der Waals surface area (Å²) in [5.41, 5.74) is 3.44. The molecule has 5 N–H and O–H groups in total. The minimum Gasteiger partial charge on any atom is -0.379 e. The summed E-state index contributed by atoms with van der Waals surface area (Å²) < 4.78 is 0. The van der Waals surface area contributed by atoms with Crippen molar-refractivity contribution in [3.05, 3.63) is 53.5 Å². The Kier molecular flexibility index (Phi) is 7.62.